The van der Waals surface area contributed by atoms with Crippen LogP contribution in [0.4, 0.5) is 0 Å². The average molecular weight is 136 g/mol. The molecule has 0 saturated heterocycles. The van der Waals surface area contributed by atoms with E-state index in [4.69, 9.17) is 0 Å². The molecule has 0 aromatic carbocycles. The summed E-state index contributed by atoms with van der Waals surface area (Å²) in [5, 5.41) is 9.63. The number of allylic oxidation sites excluding steroid dienone is 1. The smallest absolute Gasteiger partial charge is 0.108 e. The summed E-state index contributed by atoms with van der Waals surface area (Å²) in [6.45, 7) is 3.43. The van der Waals surface area contributed by atoms with Gasteiger partial charge in [-0.05, 0) is 25.3 Å². The standard InChI is InChI=1S/C9H12O/c1-2-6-9(10)7-4-3-5-8-9/h4,6-7,10H,1,3,5,8H2. The summed E-state index contributed by atoms with van der Waals surface area (Å²) in [6, 6.07) is 0. The van der Waals surface area contributed by atoms with Crippen molar-refractivity contribution in [2.75, 3.05) is 0 Å². The molecule has 1 rings (SSSR count). The van der Waals surface area contributed by atoms with E-state index >= 15 is 0 Å². The SMILES string of the molecule is C=C=CC1(O)C=CCCC1. The van der Waals surface area contributed by atoms with Crippen LogP contribution in [0.5, 0.6) is 0 Å². The van der Waals surface area contributed by atoms with E-state index in [1.807, 2.05) is 12.2 Å². The highest BCUT2D eigenvalue weighted by Crippen LogP contribution is 2.22. The molecule has 0 aromatic heterocycles. The van der Waals surface area contributed by atoms with Gasteiger partial charge < -0.3 is 5.11 Å². The largest absolute Gasteiger partial charge is 0.381 e. The highest BCUT2D eigenvalue weighted by molar-refractivity contribution is 5.14. The Bertz CT molecular complexity index is 187. The molecular formula is C9H12O. The minimum atomic E-state index is -0.750. The number of aliphatic hydroxyl groups is 1. The average Bonchev–Trinajstić information content (AvgIpc) is 1.89. The van der Waals surface area contributed by atoms with Crippen molar-refractivity contribution in [3.8, 4) is 0 Å². The number of hydrogen-bond acceptors (Lipinski definition) is 1. The zero-order valence-electron chi connectivity index (χ0n) is 6.01. The number of rotatable bonds is 1. The van der Waals surface area contributed by atoms with Crippen LogP contribution in [0, 0.1) is 0 Å². The molecule has 1 unspecified atom stereocenters. The van der Waals surface area contributed by atoms with Crippen LogP contribution >= 0.6 is 0 Å². The van der Waals surface area contributed by atoms with Gasteiger partial charge in [0.2, 0.25) is 0 Å². The van der Waals surface area contributed by atoms with Gasteiger partial charge in [0.1, 0.15) is 5.60 Å². The van der Waals surface area contributed by atoms with Crippen LogP contribution in [0.1, 0.15) is 19.3 Å². The molecular weight excluding hydrogens is 124 g/mol. The molecule has 54 valence electrons. The van der Waals surface area contributed by atoms with Crippen molar-refractivity contribution in [2.24, 2.45) is 0 Å². The molecule has 0 fully saturated rings. The maximum absolute atomic E-state index is 9.63. The molecule has 0 saturated carbocycles. The van der Waals surface area contributed by atoms with Crippen LogP contribution < -0.4 is 0 Å². The summed E-state index contributed by atoms with van der Waals surface area (Å²) in [5.41, 5.74) is 1.85. The molecule has 1 atom stereocenters. The minimum absolute atomic E-state index is 0.750. The van der Waals surface area contributed by atoms with Crippen molar-refractivity contribution in [1.82, 2.24) is 0 Å². The summed E-state index contributed by atoms with van der Waals surface area (Å²) in [6.07, 6.45) is 8.35. The summed E-state index contributed by atoms with van der Waals surface area (Å²) in [5.74, 6) is 0. The van der Waals surface area contributed by atoms with Crippen molar-refractivity contribution >= 4 is 0 Å². The second-order valence-electron chi connectivity index (χ2n) is 2.63. The first-order valence-corrected chi connectivity index (χ1v) is 3.54. The van der Waals surface area contributed by atoms with Crippen molar-refractivity contribution in [1.29, 1.82) is 0 Å². The fraction of sp³-hybridized carbons (Fsp3) is 0.444. The van der Waals surface area contributed by atoms with Gasteiger partial charge in [0.05, 0.1) is 0 Å². The first-order valence-electron chi connectivity index (χ1n) is 3.54. The molecule has 10 heavy (non-hydrogen) atoms. The first kappa shape index (κ1) is 7.33. The van der Waals surface area contributed by atoms with Crippen LogP contribution in [0.3, 0.4) is 0 Å². The van der Waals surface area contributed by atoms with Crippen molar-refractivity contribution in [3.05, 3.63) is 30.5 Å². The van der Waals surface area contributed by atoms with E-state index in [2.05, 4.69) is 12.3 Å². The fourth-order valence-electron chi connectivity index (χ4n) is 1.17. The van der Waals surface area contributed by atoms with Gasteiger partial charge in [-0.15, -0.1) is 5.73 Å². The Morgan fingerprint density at radius 1 is 1.70 bits per heavy atom. The van der Waals surface area contributed by atoms with Gasteiger partial charge in [-0.2, -0.15) is 0 Å². The van der Waals surface area contributed by atoms with E-state index in [1.165, 1.54) is 0 Å². The third kappa shape index (κ3) is 1.60. The van der Waals surface area contributed by atoms with E-state index in [0.29, 0.717) is 0 Å². The lowest BCUT2D eigenvalue weighted by atomic mass is 9.91. The summed E-state index contributed by atoms with van der Waals surface area (Å²) in [4.78, 5) is 0. The van der Waals surface area contributed by atoms with Crippen molar-refractivity contribution < 1.29 is 5.11 Å². The molecule has 0 amide bonds. The molecule has 0 bridgehead atoms. The van der Waals surface area contributed by atoms with Crippen molar-refractivity contribution in [2.45, 2.75) is 24.9 Å². The molecule has 1 N–H and O–H groups in total. The van der Waals surface area contributed by atoms with Crippen molar-refractivity contribution in [3.63, 3.8) is 0 Å². The monoisotopic (exact) mass is 136 g/mol. The Morgan fingerprint density at radius 3 is 3.00 bits per heavy atom. The number of hydrogen-bond donors (Lipinski definition) is 1. The van der Waals surface area contributed by atoms with Crippen LogP contribution in [0.25, 0.3) is 0 Å². The van der Waals surface area contributed by atoms with Crippen LogP contribution in [0.15, 0.2) is 30.5 Å². The van der Waals surface area contributed by atoms with E-state index in [9.17, 15) is 5.11 Å². The Hall–Kier alpha value is -0.780. The second-order valence-corrected chi connectivity index (χ2v) is 2.63. The van der Waals surface area contributed by atoms with Gasteiger partial charge in [0.15, 0.2) is 0 Å². The summed E-state index contributed by atoms with van der Waals surface area (Å²) in [7, 11) is 0. The van der Waals surface area contributed by atoms with Gasteiger partial charge in [-0.1, -0.05) is 18.7 Å². The molecule has 1 aliphatic rings. The minimum Gasteiger partial charge on any atom is -0.381 e. The zero-order valence-corrected chi connectivity index (χ0v) is 6.01. The first-order chi connectivity index (χ1) is 4.77. The highest BCUT2D eigenvalue weighted by atomic mass is 16.3. The lowest BCUT2D eigenvalue weighted by Crippen LogP contribution is -2.23. The van der Waals surface area contributed by atoms with Gasteiger partial charge in [-0.3, -0.25) is 0 Å². The normalized spacial score (nSPS) is 31.3. The molecule has 1 heteroatoms. The Kier molecular flexibility index (Phi) is 2.10. The quantitative estimate of drug-likeness (QED) is 0.430. The Labute approximate surface area is 61.4 Å². The molecule has 1 nitrogen and oxygen atoms in total. The molecule has 0 radical (unpaired) electrons. The molecule has 1 aliphatic carbocycles. The molecule has 0 aliphatic heterocycles. The van der Waals surface area contributed by atoms with Crippen LogP contribution in [0.2, 0.25) is 0 Å². The Balaban J connectivity index is 2.74. The predicted octanol–water partition coefficient (Wildman–Crippen LogP) is 1.80. The Morgan fingerprint density at radius 2 is 2.50 bits per heavy atom. The van der Waals surface area contributed by atoms with E-state index in [1.54, 1.807) is 6.08 Å². The summed E-state index contributed by atoms with van der Waals surface area (Å²) < 4.78 is 0. The van der Waals surface area contributed by atoms with Crippen LogP contribution in [-0.2, 0) is 0 Å². The van der Waals surface area contributed by atoms with Gasteiger partial charge >= 0.3 is 0 Å². The topological polar surface area (TPSA) is 20.2 Å². The molecule has 0 aromatic rings. The molecule has 0 heterocycles. The van der Waals surface area contributed by atoms with E-state index < -0.39 is 5.60 Å². The summed E-state index contributed by atoms with van der Waals surface area (Å²) >= 11 is 0. The van der Waals surface area contributed by atoms with E-state index in [-0.39, 0.29) is 0 Å². The predicted molar refractivity (Wildman–Crippen MR) is 41.7 cm³/mol. The van der Waals surface area contributed by atoms with E-state index in [0.717, 1.165) is 19.3 Å². The lowest BCUT2D eigenvalue weighted by Gasteiger charge is -2.22. The van der Waals surface area contributed by atoms with Gasteiger partial charge in [0.25, 0.3) is 0 Å². The van der Waals surface area contributed by atoms with Crippen LogP contribution in [-0.4, -0.2) is 10.7 Å². The highest BCUT2D eigenvalue weighted by Gasteiger charge is 2.20. The third-order valence-electron chi connectivity index (χ3n) is 1.71. The maximum atomic E-state index is 9.63. The zero-order chi connectivity index (χ0) is 7.45. The second kappa shape index (κ2) is 2.87. The maximum Gasteiger partial charge on any atom is 0.108 e. The fourth-order valence-corrected chi connectivity index (χ4v) is 1.17. The van der Waals surface area contributed by atoms with Gasteiger partial charge in [0, 0.05) is 0 Å². The lowest BCUT2D eigenvalue weighted by molar-refractivity contribution is 0.125. The van der Waals surface area contributed by atoms with Gasteiger partial charge in [-0.25, -0.2) is 0 Å². The third-order valence-corrected chi connectivity index (χ3v) is 1.71. The molecule has 0 spiro atoms.